The van der Waals surface area contributed by atoms with Gasteiger partial charge in [0, 0.05) is 16.6 Å². The van der Waals surface area contributed by atoms with E-state index in [-0.39, 0.29) is 0 Å². The fraction of sp³-hybridized carbons (Fsp3) is 0.684. The molecule has 0 bridgehead atoms. The van der Waals surface area contributed by atoms with Crippen LogP contribution in [0, 0.1) is 11.3 Å². The largest absolute Gasteiger partial charge is 0.307 e. The number of rotatable bonds is 5. The predicted molar refractivity (Wildman–Crippen MR) is 95.5 cm³/mol. The smallest absolute Gasteiger partial charge is 0.0294 e. The molecule has 0 aliphatic heterocycles. The maximum absolute atomic E-state index is 3.83. The summed E-state index contributed by atoms with van der Waals surface area (Å²) in [6.45, 7) is 9.49. The first kappa shape index (κ1) is 17.0. The highest BCUT2D eigenvalue weighted by Crippen LogP contribution is 2.40. The van der Waals surface area contributed by atoms with E-state index in [2.05, 4.69) is 73.2 Å². The molecule has 0 heterocycles. The van der Waals surface area contributed by atoms with Gasteiger partial charge in [-0.05, 0) is 61.6 Å². The average molecular weight is 352 g/mol. The molecule has 1 N–H and O–H groups in total. The molecule has 21 heavy (non-hydrogen) atoms. The van der Waals surface area contributed by atoms with Gasteiger partial charge in [-0.2, -0.15) is 0 Å². The van der Waals surface area contributed by atoms with Crippen LogP contribution in [-0.2, 0) is 0 Å². The normalized spacial score (nSPS) is 24.8. The summed E-state index contributed by atoms with van der Waals surface area (Å²) in [5, 5.41) is 3.83. The SMILES string of the molecule is CCC(C)(C)C1CCC(NC(C)c2cccc(Br)c2)CC1. The van der Waals surface area contributed by atoms with Crippen LogP contribution in [0.4, 0.5) is 0 Å². The maximum atomic E-state index is 3.83. The zero-order chi connectivity index (χ0) is 15.5. The second-order valence-corrected chi connectivity index (χ2v) is 8.25. The van der Waals surface area contributed by atoms with Crippen molar-refractivity contribution in [2.24, 2.45) is 11.3 Å². The Morgan fingerprint density at radius 3 is 2.48 bits per heavy atom. The lowest BCUT2D eigenvalue weighted by Crippen LogP contribution is -2.38. The summed E-state index contributed by atoms with van der Waals surface area (Å²) in [4.78, 5) is 0. The number of halogens is 1. The Morgan fingerprint density at radius 2 is 1.90 bits per heavy atom. The second-order valence-electron chi connectivity index (χ2n) is 7.33. The van der Waals surface area contributed by atoms with Crippen molar-refractivity contribution in [1.29, 1.82) is 0 Å². The molecular weight excluding hydrogens is 322 g/mol. The first-order chi connectivity index (χ1) is 9.92. The molecular formula is C19H30BrN. The van der Waals surface area contributed by atoms with Gasteiger partial charge in [-0.3, -0.25) is 0 Å². The summed E-state index contributed by atoms with van der Waals surface area (Å²) >= 11 is 3.57. The Bertz CT molecular complexity index is 447. The van der Waals surface area contributed by atoms with Gasteiger partial charge < -0.3 is 5.32 Å². The highest BCUT2D eigenvalue weighted by atomic mass is 79.9. The van der Waals surface area contributed by atoms with Crippen LogP contribution in [0.5, 0.6) is 0 Å². The molecule has 0 saturated heterocycles. The van der Waals surface area contributed by atoms with Crippen LogP contribution in [0.3, 0.4) is 0 Å². The molecule has 0 aromatic heterocycles. The standard InChI is InChI=1S/C19H30BrN/c1-5-19(3,4)16-9-11-18(12-10-16)21-14(2)15-7-6-8-17(20)13-15/h6-8,13-14,16,18,21H,5,9-12H2,1-4H3. The highest BCUT2D eigenvalue weighted by Gasteiger charge is 2.32. The lowest BCUT2D eigenvalue weighted by Gasteiger charge is -2.39. The van der Waals surface area contributed by atoms with Gasteiger partial charge in [0.1, 0.15) is 0 Å². The van der Waals surface area contributed by atoms with Crippen molar-refractivity contribution in [3.05, 3.63) is 34.3 Å². The number of hydrogen-bond donors (Lipinski definition) is 1. The van der Waals surface area contributed by atoms with Crippen LogP contribution in [0.1, 0.15) is 71.4 Å². The fourth-order valence-electron chi connectivity index (χ4n) is 3.56. The predicted octanol–water partition coefficient (Wildman–Crippen LogP) is 6.09. The molecule has 1 nitrogen and oxygen atoms in total. The third-order valence-electron chi connectivity index (χ3n) is 5.58. The molecule has 1 aliphatic carbocycles. The molecule has 1 atom stereocenters. The summed E-state index contributed by atoms with van der Waals surface area (Å²) in [6, 6.07) is 9.77. The van der Waals surface area contributed by atoms with Gasteiger partial charge in [0.05, 0.1) is 0 Å². The molecule has 0 amide bonds. The van der Waals surface area contributed by atoms with Gasteiger partial charge in [0.25, 0.3) is 0 Å². The molecule has 1 aliphatic rings. The van der Waals surface area contributed by atoms with E-state index in [1.165, 1.54) is 42.1 Å². The molecule has 1 unspecified atom stereocenters. The van der Waals surface area contributed by atoms with Gasteiger partial charge in [-0.25, -0.2) is 0 Å². The maximum Gasteiger partial charge on any atom is 0.0294 e. The topological polar surface area (TPSA) is 12.0 Å². The van der Waals surface area contributed by atoms with Gasteiger partial charge >= 0.3 is 0 Å². The molecule has 1 aromatic rings. The van der Waals surface area contributed by atoms with Crippen molar-refractivity contribution >= 4 is 15.9 Å². The van der Waals surface area contributed by atoms with Crippen molar-refractivity contribution in [2.45, 2.75) is 71.9 Å². The van der Waals surface area contributed by atoms with Crippen LogP contribution >= 0.6 is 15.9 Å². The molecule has 0 radical (unpaired) electrons. The van der Waals surface area contributed by atoms with Gasteiger partial charge in [0.2, 0.25) is 0 Å². The Balaban J connectivity index is 1.86. The molecule has 1 fully saturated rings. The van der Waals surface area contributed by atoms with Crippen molar-refractivity contribution in [1.82, 2.24) is 5.32 Å². The second kappa shape index (κ2) is 7.28. The number of benzene rings is 1. The monoisotopic (exact) mass is 351 g/mol. The lowest BCUT2D eigenvalue weighted by atomic mass is 9.69. The van der Waals surface area contributed by atoms with E-state index >= 15 is 0 Å². The van der Waals surface area contributed by atoms with Gasteiger partial charge in [-0.1, -0.05) is 55.3 Å². The minimum absolute atomic E-state index is 0.434. The summed E-state index contributed by atoms with van der Waals surface area (Å²) in [6.07, 6.45) is 6.70. The minimum Gasteiger partial charge on any atom is -0.307 e. The molecule has 2 rings (SSSR count). The zero-order valence-corrected chi connectivity index (χ0v) is 15.5. The van der Waals surface area contributed by atoms with E-state index in [9.17, 15) is 0 Å². The summed E-state index contributed by atoms with van der Waals surface area (Å²) < 4.78 is 1.17. The Kier molecular flexibility index (Phi) is 5.90. The van der Waals surface area contributed by atoms with E-state index in [0.29, 0.717) is 17.5 Å². The van der Waals surface area contributed by atoms with Crippen molar-refractivity contribution < 1.29 is 0 Å². The third kappa shape index (κ3) is 4.56. The number of hydrogen-bond acceptors (Lipinski definition) is 1. The van der Waals surface area contributed by atoms with Gasteiger partial charge in [-0.15, -0.1) is 0 Å². The minimum atomic E-state index is 0.434. The summed E-state index contributed by atoms with van der Waals surface area (Å²) in [7, 11) is 0. The van der Waals surface area contributed by atoms with Crippen LogP contribution in [0.2, 0.25) is 0 Å². The molecule has 118 valence electrons. The van der Waals surface area contributed by atoms with E-state index in [1.54, 1.807) is 0 Å². The Hall–Kier alpha value is -0.340. The van der Waals surface area contributed by atoms with Crippen molar-refractivity contribution in [3.8, 4) is 0 Å². The highest BCUT2D eigenvalue weighted by molar-refractivity contribution is 9.10. The van der Waals surface area contributed by atoms with Crippen molar-refractivity contribution in [2.75, 3.05) is 0 Å². The van der Waals surface area contributed by atoms with Crippen molar-refractivity contribution in [3.63, 3.8) is 0 Å². The molecule has 1 aromatic carbocycles. The van der Waals surface area contributed by atoms with E-state index in [1.807, 2.05) is 0 Å². The first-order valence-electron chi connectivity index (χ1n) is 8.44. The average Bonchev–Trinajstić information content (AvgIpc) is 2.48. The zero-order valence-electron chi connectivity index (χ0n) is 14.0. The summed E-state index contributed by atoms with van der Waals surface area (Å²) in [5.41, 5.74) is 1.89. The van der Waals surface area contributed by atoms with Crippen LogP contribution in [-0.4, -0.2) is 6.04 Å². The molecule has 1 saturated carbocycles. The van der Waals surface area contributed by atoms with Crippen LogP contribution < -0.4 is 5.32 Å². The first-order valence-corrected chi connectivity index (χ1v) is 9.23. The number of nitrogens with one attached hydrogen (secondary N) is 1. The fourth-order valence-corrected chi connectivity index (χ4v) is 3.97. The summed E-state index contributed by atoms with van der Waals surface area (Å²) in [5.74, 6) is 0.904. The van der Waals surface area contributed by atoms with Gasteiger partial charge in [0.15, 0.2) is 0 Å². The van der Waals surface area contributed by atoms with E-state index in [0.717, 1.165) is 5.92 Å². The van der Waals surface area contributed by atoms with Crippen LogP contribution in [0.25, 0.3) is 0 Å². The quantitative estimate of drug-likeness (QED) is 0.676. The Morgan fingerprint density at radius 1 is 1.24 bits per heavy atom. The Labute approximate surface area is 139 Å². The third-order valence-corrected chi connectivity index (χ3v) is 6.07. The van der Waals surface area contributed by atoms with E-state index < -0.39 is 0 Å². The molecule has 2 heteroatoms. The van der Waals surface area contributed by atoms with E-state index in [4.69, 9.17) is 0 Å². The van der Waals surface area contributed by atoms with Crippen LogP contribution in [0.15, 0.2) is 28.7 Å². The lowest BCUT2D eigenvalue weighted by molar-refractivity contribution is 0.134. The molecule has 0 spiro atoms.